The maximum Gasteiger partial charge on any atom is 0.314 e. The molecule has 5 heteroatoms. The number of carbonyl (C=O) groups is 3. The molecule has 0 atom stereocenters. The molecular weight excluding hydrogens is 184 g/mol. The number of rotatable bonds is 6. The molecule has 0 saturated heterocycles. The van der Waals surface area contributed by atoms with E-state index in [1.54, 1.807) is 0 Å². The van der Waals surface area contributed by atoms with Crippen molar-refractivity contribution in [2.24, 2.45) is 0 Å². The molecule has 0 fully saturated rings. The zero-order chi connectivity index (χ0) is 11.0. The number of carbonyl (C=O) groups excluding carboxylic acids is 3. The minimum atomic E-state index is -0.340. The Morgan fingerprint density at radius 1 is 0.857 bits per heavy atom. The van der Waals surface area contributed by atoms with Crippen molar-refractivity contribution in [3.63, 3.8) is 0 Å². The highest BCUT2D eigenvalue weighted by molar-refractivity contribution is 5.79. The Morgan fingerprint density at radius 2 is 1.21 bits per heavy atom. The van der Waals surface area contributed by atoms with E-state index in [4.69, 9.17) is 0 Å². The van der Waals surface area contributed by atoms with Crippen molar-refractivity contribution in [1.29, 1.82) is 0 Å². The second-order valence-corrected chi connectivity index (χ2v) is 3.09. The van der Waals surface area contributed by atoms with E-state index in [2.05, 4.69) is 10.6 Å². The topological polar surface area (TPSA) is 75.3 Å². The highest BCUT2D eigenvalue weighted by Crippen LogP contribution is 1.80. The highest BCUT2D eigenvalue weighted by Gasteiger charge is 2.00. The van der Waals surface area contributed by atoms with Gasteiger partial charge in [-0.25, -0.2) is 4.79 Å². The van der Waals surface area contributed by atoms with Gasteiger partial charge >= 0.3 is 6.03 Å². The smallest absolute Gasteiger partial charge is 0.314 e. The summed E-state index contributed by atoms with van der Waals surface area (Å²) in [6.07, 6.45) is 0.667. The van der Waals surface area contributed by atoms with Crippen LogP contribution in [0.2, 0.25) is 0 Å². The van der Waals surface area contributed by atoms with Crippen molar-refractivity contribution in [3.05, 3.63) is 0 Å². The fourth-order valence-corrected chi connectivity index (χ4v) is 0.767. The lowest BCUT2D eigenvalue weighted by Gasteiger charge is -2.05. The molecule has 2 N–H and O–H groups in total. The summed E-state index contributed by atoms with van der Waals surface area (Å²) >= 11 is 0. The molecule has 0 heterocycles. The van der Waals surface area contributed by atoms with Gasteiger partial charge in [-0.05, 0) is 13.8 Å². The second-order valence-electron chi connectivity index (χ2n) is 3.09. The summed E-state index contributed by atoms with van der Waals surface area (Å²) in [5.41, 5.74) is 0. The molecular formula is C9H16N2O3. The monoisotopic (exact) mass is 200 g/mol. The number of urea groups is 1. The van der Waals surface area contributed by atoms with Gasteiger partial charge in [-0.1, -0.05) is 0 Å². The Kier molecular flexibility index (Phi) is 6.36. The second kappa shape index (κ2) is 7.06. The summed E-state index contributed by atoms with van der Waals surface area (Å²) in [5, 5.41) is 5.01. The largest absolute Gasteiger partial charge is 0.338 e. The van der Waals surface area contributed by atoms with Crippen molar-refractivity contribution < 1.29 is 14.4 Å². The van der Waals surface area contributed by atoms with Crippen LogP contribution in [-0.4, -0.2) is 30.7 Å². The third-order valence-electron chi connectivity index (χ3n) is 1.53. The van der Waals surface area contributed by atoms with Crippen LogP contribution in [0.4, 0.5) is 4.79 Å². The SMILES string of the molecule is CC(=O)CCNC(=O)NCCC(C)=O. The number of hydrogen-bond acceptors (Lipinski definition) is 3. The molecule has 0 bridgehead atoms. The summed E-state index contributed by atoms with van der Waals surface area (Å²) in [7, 11) is 0. The number of ketones is 2. The lowest BCUT2D eigenvalue weighted by molar-refractivity contribution is -0.117. The minimum absolute atomic E-state index is 0.0361. The Bertz CT molecular complexity index is 204. The molecule has 80 valence electrons. The maximum atomic E-state index is 11.0. The van der Waals surface area contributed by atoms with Crippen LogP contribution in [0.3, 0.4) is 0 Å². The van der Waals surface area contributed by atoms with E-state index in [9.17, 15) is 14.4 Å². The molecule has 0 radical (unpaired) electrons. The first kappa shape index (κ1) is 12.6. The maximum absolute atomic E-state index is 11.0. The molecule has 0 aliphatic rings. The van der Waals surface area contributed by atoms with Gasteiger partial charge in [-0.15, -0.1) is 0 Å². The summed E-state index contributed by atoms with van der Waals surface area (Å²) in [5.74, 6) is 0.0723. The fraction of sp³-hybridized carbons (Fsp3) is 0.667. The molecule has 0 aliphatic heterocycles. The van der Waals surface area contributed by atoms with Crippen molar-refractivity contribution in [3.8, 4) is 0 Å². The molecule has 14 heavy (non-hydrogen) atoms. The quantitative estimate of drug-likeness (QED) is 0.645. The minimum Gasteiger partial charge on any atom is -0.338 e. The highest BCUT2D eigenvalue weighted by atomic mass is 16.2. The van der Waals surface area contributed by atoms with Crippen LogP contribution >= 0.6 is 0 Å². The van der Waals surface area contributed by atoms with Crippen LogP contribution in [0.5, 0.6) is 0 Å². The predicted molar refractivity (Wildman–Crippen MR) is 52.0 cm³/mol. The molecule has 0 aliphatic carbocycles. The van der Waals surface area contributed by atoms with E-state index in [-0.39, 0.29) is 17.6 Å². The molecule has 0 aromatic heterocycles. The molecule has 5 nitrogen and oxygen atoms in total. The van der Waals surface area contributed by atoms with E-state index >= 15 is 0 Å². The zero-order valence-corrected chi connectivity index (χ0v) is 8.55. The van der Waals surface area contributed by atoms with Gasteiger partial charge in [0.25, 0.3) is 0 Å². The predicted octanol–water partition coefficient (Wildman–Crippen LogP) is 0.244. The van der Waals surface area contributed by atoms with Gasteiger partial charge in [0.1, 0.15) is 11.6 Å². The Labute approximate surface area is 83.2 Å². The van der Waals surface area contributed by atoms with Crippen molar-refractivity contribution in [2.75, 3.05) is 13.1 Å². The lowest BCUT2D eigenvalue weighted by Crippen LogP contribution is -2.37. The molecule has 2 amide bonds. The third-order valence-corrected chi connectivity index (χ3v) is 1.53. The lowest BCUT2D eigenvalue weighted by atomic mass is 10.3. The average molecular weight is 200 g/mol. The molecule has 0 saturated carbocycles. The molecule has 0 aromatic carbocycles. The van der Waals surface area contributed by atoms with Crippen LogP contribution in [-0.2, 0) is 9.59 Å². The zero-order valence-electron chi connectivity index (χ0n) is 8.55. The van der Waals surface area contributed by atoms with Crippen LogP contribution in [0.1, 0.15) is 26.7 Å². The number of amides is 2. The van der Waals surface area contributed by atoms with E-state index in [1.807, 2.05) is 0 Å². The van der Waals surface area contributed by atoms with Crippen LogP contribution < -0.4 is 10.6 Å². The van der Waals surface area contributed by atoms with E-state index in [0.29, 0.717) is 25.9 Å². The Morgan fingerprint density at radius 3 is 1.50 bits per heavy atom. The van der Waals surface area contributed by atoms with Crippen molar-refractivity contribution >= 4 is 17.6 Å². The molecule has 0 rings (SSSR count). The van der Waals surface area contributed by atoms with Gasteiger partial charge in [-0.2, -0.15) is 0 Å². The van der Waals surface area contributed by atoms with Crippen molar-refractivity contribution in [2.45, 2.75) is 26.7 Å². The van der Waals surface area contributed by atoms with Gasteiger partial charge in [0.15, 0.2) is 0 Å². The Hall–Kier alpha value is -1.39. The fourth-order valence-electron chi connectivity index (χ4n) is 0.767. The first-order valence-electron chi connectivity index (χ1n) is 4.53. The van der Waals surface area contributed by atoms with E-state index < -0.39 is 0 Å². The average Bonchev–Trinajstić information content (AvgIpc) is 2.02. The van der Waals surface area contributed by atoms with Crippen molar-refractivity contribution in [1.82, 2.24) is 10.6 Å². The van der Waals surface area contributed by atoms with Crippen LogP contribution in [0, 0.1) is 0 Å². The van der Waals surface area contributed by atoms with Gasteiger partial charge < -0.3 is 10.6 Å². The summed E-state index contributed by atoms with van der Waals surface area (Å²) in [6, 6.07) is -0.340. The summed E-state index contributed by atoms with van der Waals surface area (Å²) in [4.78, 5) is 32.0. The first-order chi connectivity index (χ1) is 6.52. The van der Waals surface area contributed by atoms with E-state index in [0.717, 1.165) is 0 Å². The van der Waals surface area contributed by atoms with Gasteiger partial charge in [-0.3, -0.25) is 9.59 Å². The van der Waals surface area contributed by atoms with E-state index in [1.165, 1.54) is 13.8 Å². The Balaban J connectivity index is 3.37. The van der Waals surface area contributed by atoms with Crippen LogP contribution in [0.25, 0.3) is 0 Å². The number of hydrogen-bond donors (Lipinski definition) is 2. The molecule has 0 unspecified atom stereocenters. The molecule has 0 spiro atoms. The summed E-state index contributed by atoms with van der Waals surface area (Å²) < 4.78 is 0. The van der Waals surface area contributed by atoms with Gasteiger partial charge in [0, 0.05) is 25.9 Å². The van der Waals surface area contributed by atoms with Gasteiger partial charge in [0.2, 0.25) is 0 Å². The normalized spacial score (nSPS) is 9.29. The van der Waals surface area contributed by atoms with Crippen LogP contribution in [0.15, 0.2) is 0 Å². The number of nitrogens with one attached hydrogen (secondary N) is 2. The third kappa shape index (κ3) is 8.70. The molecule has 0 aromatic rings. The number of Topliss-reactive ketones (excluding diaryl/α,β-unsaturated/α-hetero) is 2. The first-order valence-corrected chi connectivity index (χ1v) is 4.53. The standard InChI is InChI=1S/C9H16N2O3/c1-7(12)3-5-10-9(14)11-6-4-8(2)13/h3-6H2,1-2H3,(H2,10,11,14). The van der Waals surface area contributed by atoms with Gasteiger partial charge in [0.05, 0.1) is 0 Å². The summed E-state index contributed by atoms with van der Waals surface area (Å²) in [6.45, 7) is 3.60.